The molecule has 1 aromatic rings. The Morgan fingerprint density at radius 1 is 1.56 bits per heavy atom. The van der Waals surface area contributed by atoms with Gasteiger partial charge in [-0.3, -0.25) is 20.2 Å². The molecule has 0 saturated heterocycles. The van der Waals surface area contributed by atoms with E-state index in [1.807, 2.05) is 0 Å². The highest BCUT2D eigenvalue weighted by Crippen LogP contribution is 2.23. The molecule has 98 valence electrons. The maximum absolute atomic E-state index is 10.9. The average molecular weight is 273 g/mol. The third-order valence-electron chi connectivity index (χ3n) is 2.49. The van der Waals surface area contributed by atoms with Gasteiger partial charge in [-0.25, -0.2) is 0 Å². The fraction of sp³-hybridized carbons (Fsp3) is 0.364. The maximum Gasteiger partial charge on any atom is 0.323 e. The highest BCUT2D eigenvalue weighted by molar-refractivity contribution is 6.30. The van der Waals surface area contributed by atoms with Crippen LogP contribution in [0.15, 0.2) is 18.2 Å². The van der Waals surface area contributed by atoms with Crippen LogP contribution in [-0.2, 0) is 11.3 Å². The number of hydrogen-bond acceptors (Lipinski definition) is 4. The largest absolute Gasteiger partial charge is 0.480 e. The summed E-state index contributed by atoms with van der Waals surface area (Å²) in [7, 11) is 0. The van der Waals surface area contributed by atoms with Gasteiger partial charge in [-0.2, -0.15) is 0 Å². The van der Waals surface area contributed by atoms with Crippen LogP contribution in [0.25, 0.3) is 0 Å². The van der Waals surface area contributed by atoms with E-state index in [-0.39, 0.29) is 12.2 Å². The maximum atomic E-state index is 10.9. The van der Waals surface area contributed by atoms with E-state index in [0.29, 0.717) is 10.6 Å². The van der Waals surface area contributed by atoms with Crippen molar-refractivity contribution in [3.63, 3.8) is 0 Å². The molecule has 0 aliphatic rings. The second kappa shape index (κ2) is 5.32. The molecule has 0 fully saturated rings. The third-order valence-corrected chi connectivity index (χ3v) is 2.73. The van der Waals surface area contributed by atoms with Crippen molar-refractivity contribution in [2.45, 2.75) is 25.9 Å². The zero-order valence-corrected chi connectivity index (χ0v) is 10.7. The minimum atomic E-state index is -1.17. The van der Waals surface area contributed by atoms with Gasteiger partial charge >= 0.3 is 5.97 Å². The van der Waals surface area contributed by atoms with Crippen LogP contribution in [0.2, 0.25) is 5.02 Å². The summed E-state index contributed by atoms with van der Waals surface area (Å²) in [4.78, 5) is 21.2. The van der Waals surface area contributed by atoms with E-state index in [1.54, 1.807) is 0 Å². The number of aliphatic carboxylic acids is 1. The zero-order chi connectivity index (χ0) is 13.9. The normalized spacial score (nSPS) is 11.3. The average Bonchev–Trinajstić information content (AvgIpc) is 2.26. The van der Waals surface area contributed by atoms with E-state index in [4.69, 9.17) is 16.7 Å². The SMILES string of the molecule is CC(C)(NCc1cc(Cl)ccc1[N+](=O)[O-])C(=O)O. The second-order valence-corrected chi connectivity index (χ2v) is 4.75. The van der Waals surface area contributed by atoms with Crippen molar-refractivity contribution < 1.29 is 14.8 Å². The summed E-state index contributed by atoms with van der Waals surface area (Å²) in [5.74, 6) is -1.04. The van der Waals surface area contributed by atoms with Gasteiger partial charge in [0.15, 0.2) is 0 Å². The van der Waals surface area contributed by atoms with Crippen molar-refractivity contribution in [2.75, 3.05) is 0 Å². The van der Waals surface area contributed by atoms with Crippen molar-refractivity contribution in [1.82, 2.24) is 5.32 Å². The van der Waals surface area contributed by atoms with Crippen molar-refractivity contribution in [3.8, 4) is 0 Å². The zero-order valence-electron chi connectivity index (χ0n) is 9.94. The molecule has 18 heavy (non-hydrogen) atoms. The molecule has 1 rings (SSSR count). The fourth-order valence-electron chi connectivity index (χ4n) is 1.27. The summed E-state index contributed by atoms with van der Waals surface area (Å²) in [6, 6.07) is 4.17. The van der Waals surface area contributed by atoms with Gasteiger partial charge in [-0.05, 0) is 26.0 Å². The van der Waals surface area contributed by atoms with Crippen molar-refractivity contribution >= 4 is 23.3 Å². The molecule has 0 unspecified atom stereocenters. The Labute approximate surface area is 109 Å². The predicted molar refractivity (Wildman–Crippen MR) is 66.7 cm³/mol. The fourth-order valence-corrected chi connectivity index (χ4v) is 1.46. The standard InChI is InChI=1S/C11H13ClN2O4/c1-11(2,10(15)16)13-6-7-5-8(12)3-4-9(7)14(17)18/h3-5,13H,6H2,1-2H3,(H,15,16). The van der Waals surface area contributed by atoms with Crippen LogP contribution < -0.4 is 5.32 Å². The lowest BCUT2D eigenvalue weighted by Gasteiger charge is -2.21. The molecule has 7 heteroatoms. The summed E-state index contributed by atoms with van der Waals surface area (Å²) in [5.41, 5.74) is -0.911. The first-order valence-electron chi connectivity index (χ1n) is 5.15. The molecule has 0 bridgehead atoms. The highest BCUT2D eigenvalue weighted by atomic mass is 35.5. The molecule has 0 aromatic heterocycles. The lowest BCUT2D eigenvalue weighted by atomic mass is 10.1. The molecule has 0 amide bonds. The Balaban J connectivity index is 2.94. The van der Waals surface area contributed by atoms with Crippen LogP contribution in [0, 0.1) is 10.1 Å². The molecule has 0 spiro atoms. The van der Waals surface area contributed by atoms with E-state index in [2.05, 4.69) is 5.32 Å². The molecule has 2 N–H and O–H groups in total. The molecule has 0 heterocycles. The van der Waals surface area contributed by atoms with Crippen molar-refractivity contribution in [2.24, 2.45) is 0 Å². The minimum absolute atomic E-state index is 0.0518. The highest BCUT2D eigenvalue weighted by Gasteiger charge is 2.27. The van der Waals surface area contributed by atoms with Gasteiger partial charge in [-0.1, -0.05) is 11.6 Å². The number of nitrogens with zero attached hydrogens (tertiary/aromatic N) is 1. The first-order chi connectivity index (χ1) is 8.24. The molecular formula is C11H13ClN2O4. The molecule has 0 aliphatic carbocycles. The summed E-state index contributed by atoms with van der Waals surface area (Å²) < 4.78 is 0. The number of nitro benzene ring substituents is 1. The number of nitrogens with one attached hydrogen (secondary N) is 1. The number of carbonyl (C=O) groups is 1. The summed E-state index contributed by atoms with van der Waals surface area (Å²) >= 11 is 5.77. The second-order valence-electron chi connectivity index (χ2n) is 4.31. The molecular weight excluding hydrogens is 260 g/mol. The lowest BCUT2D eigenvalue weighted by Crippen LogP contribution is -2.46. The smallest absolute Gasteiger partial charge is 0.323 e. The van der Waals surface area contributed by atoms with Crippen LogP contribution in [-0.4, -0.2) is 21.5 Å². The predicted octanol–water partition coefficient (Wildman–Crippen LogP) is 2.20. The van der Waals surface area contributed by atoms with Gasteiger partial charge in [0, 0.05) is 23.2 Å². The Morgan fingerprint density at radius 2 is 2.17 bits per heavy atom. The van der Waals surface area contributed by atoms with E-state index in [0.717, 1.165) is 0 Å². The molecule has 0 atom stereocenters. The Kier molecular flexibility index (Phi) is 4.26. The first kappa shape index (κ1) is 14.4. The number of hydrogen-bond donors (Lipinski definition) is 2. The van der Waals surface area contributed by atoms with Crippen LogP contribution in [0.4, 0.5) is 5.69 Å². The summed E-state index contributed by atoms with van der Waals surface area (Å²) in [6.07, 6.45) is 0. The molecule has 6 nitrogen and oxygen atoms in total. The summed E-state index contributed by atoms with van der Waals surface area (Å²) in [5, 5.41) is 22.8. The third kappa shape index (κ3) is 3.41. The van der Waals surface area contributed by atoms with Crippen LogP contribution in [0.3, 0.4) is 0 Å². The van der Waals surface area contributed by atoms with Crippen molar-refractivity contribution in [3.05, 3.63) is 38.9 Å². The summed E-state index contributed by atoms with van der Waals surface area (Å²) in [6.45, 7) is 3.01. The Bertz CT molecular complexity index is 488. The van der Waals surface area contributed by atoms with E-state index >= 15 is 0 Å². The quantitative estimate of drug-likeness (QED) is 0.633. The number of halogens is 1. The van der Waals surface area contributed by atoms with E-state index in [1.165, 1.54) is 32.0 Å². The van der Waals surface area contributed by atoms with Gasteiger partial charge < -0.3 is 5.11 Å². The van der Waals surface area contributed by atoms with E-state index < -0.39 is 16.4 Å². The van der Waals surface area contributed by atoms with Crippen LogP contribution in [0.1, 0.15) is 19.4 Å². The van der Waals surface area contributed by atoms with Gasteiger partial charge in [0.2, 0.25) is 0 Å². The van der Waals surface area contributed by atoms with E-state index in [9.17, 15) is 14.9 Å². The molecule has 0 radical (unpaired) electrons. The first-order valence-corrected chi connectivity index (χ1v) is 5.53. The van der Waals surface area contributed by atoms with Crippen LogP contribution >= 0.6 is 11.6 Å². The number of benzene rings is 1. The molecule has 0 aliphatic heterocycles. The molecule has 1 aromatic carbocycles. The van der Waals surface area contributed by atoms with Crippen molar-refractivity contribution in [1.29, 1.82) is 0 Å². The number of carboxylic acids is 1. The van der Waals surface area contributed by atoms with Gasteiger partial charge in [-0.15, -0.1) is 0 Å². The topological polar surface area (TPSA) is 92.5 Å². The Hall–Kier alpha value is -1.66. The monoisotopic (exact) mass is 272 g/mol. The minimum Gasteiger partial charge on any atom is -0.480 e. The van der Waals surface area contributed by atoms with Gasteiger partial charge in [0.1, 0.15) is 5.54 Å². The van der Waals surface area contributed by atoms with Gasteiger partial charge in [0.25, 0.3) is 5.69 Å². The number of rotatable bonds is 5. The number of nitro groups is 1. The van der Waals surface area contributed by atoms with Crippen LogP contribution in [0.5, 0.6) is 0 Å². The Morgan fingerprint density at radius 3 is 2.67 bits per heavy atom. The molecule has 0 saturated carbocycles. The van der Waals surface area contributed by atoms with Gasteiger partial charge in [0.05, 0.1) is 4.92 Å². The number of carboxylic acid groups (broad SMARTS) is 1. The lowest BCUT2D eigenvalue weighted by molar-refractivity contribution is -0.385.